The predicted octanol–water partition coefficient (Wildman–Crippen LogP) is 3.55. The van der Waals surface area contributed by atoms with E-state index in [2.05, 4.69) is 33.9 Å². The molecule has 5 rings (SSSR count). The van der Waals surface area contributed by atoms with Crippen molar-refractivity contribution in [2.24, 2.45) is 0 Å². The first-order valence-corrected chi connectivity index (χ1v) is 12.6. The van der Waals surface area contributed by atoms with Crippen molar-refractivity contribution < 1.29 is 9.59 Å². The van der Waals surface area contributed by atoms with Gasteiger partial charge in [-0.05, 0) is 55.6 Å². The molecular weight excluding hydrogens is 450 g/mol. The molecule has 2 fully saturated rings. The highest BCUT2D eigenvalue weighted by Gasteiger charge is 2.20. The molecule has 0 unspecified atom stereocenters. The normalized spacial score (nSPS) is 17.2. The highest BCUT2D eigenvalue weighted by atomic mass is 16.2. The molecule has 0 saturated carbocycles. The van der Waals surface area contributed by atoms with Crippen molar-refractivity contribution in [2.45, 2.75) is 6.92 Å². The first-order chi connectivity index (χ1) is 17.5. The zero-order chi connectivity index (χ0) is 25.1. The molecule has 2 aliphatic rings. The number of carbonyl (C=O) groups excluding carboxylic acids is 2. The van der Waals surface area contributed by atoms with Crippen LogP contribution in [0.3, 0.4) is 0 Å². The number of nitrogens with zero attached hydrogens (tertiary/aromatic N) is 5. The van der Waals surface area contributed by atoms with Crippen LogP contribution in [0.5, 0.6) is 0 Å². The number of likely N-dealkylation sites (N-methyl/N-ethyl adjacent to an activating group) is 1. The van der Waals surface area contributed by atoms with Crippen molar-refractivity contribution in [3.63, 3.8) is 0 Å². The van der Waals surface area contributed by atoms with E-state index in [-0.39, 0.29) is 11.7 Å². The maximum Gasteiger partial charge on any atom is 0.219 e. The molecule has 0 atom stereocenters. The van der Waals surface area contributed by atoms with E-state index in [1.54, 1.807) is 13.0 Å². The molecule has 2 saturated heterocycles. The van der Waals surface area contributed by atoms with Gasteiger partial charge in [-0.2, -0.15) is 0 Å². The maximum atomic E-state index is 13.0. The number of piperazine rings is 2. The summed E-state index contributed by atoms with van der Waals surface area (Å²) >= 11 is 0. The molecule has 2 aliphatic heterocycles. The van der Waals surface area contributed by atoms with Gasteiger partial charge in [0.2, 0.25) is 5.91 Å². The zero-order valence-electron chi connectivity index (χ0n) is 21.1. The summed E-state index contributed by atoms with van der Waals surface area (Å²) in [5.74, 6) is 1.03. The molecule has 1 aromatic heterocycles. The summed E-state index contributed by atoms with van der Waals surface area (Å²) in [6.07, 6.45) is 3.57. The van der Waals surface area contributed by atoms with E-state index < -0.39 is 0 Å². The molecule has 3 heterocycles. The van der Waals surface area contributed by atoms with Crippen molar-refractivity contribution >= 4 is 40.2 Å². The lowest BCUT2D eigenvalue weighted by molar-refractivity contribution is -0.129. The van der Waals surface area contributed by atoms with Crippen molar-refractivity contribution in [1.82, 2.24) is 14.8 Å². The Kier molecular flexibility index (Phi) is 7.00. The lowest BCUT2D eigenvalue weighted by Crippen LogP contribution is -2.48. The second-order valence-corrected chi connectivity index (χ2v) is 9.62. The van der Waals surface area contributed by atoms with Crippen LogP contribution in [0, 0.1) is 0 Å². The van der Waals surface area contributed by atoms with Crippen LogP contribution in [0.4, 0.5) is 11.5 Å². The first kappa shape index (κ1) is 24.0. The van der Waals surface area contributed by atoms with Gasteiger partial charge in [-0.15, -0.1) is 0 Å². The van der Waals surface area contributed by atoms with Gasteiger partial charge < -0.3 is 19.6 Å². The molecule has 7 nitrogen and oxygen atoms in total. The molecule has 0 N–H and O–H groups in total. The number of aromatic nitrogens is 1. The Bertz CT molecular complexity index is 1270. The summed E-state index contributed by atoms with van der Waals surface area (Å²) < 4.78 is 0. The number of para-hydroxylation sites is 1. The number of anilines is 2. The number of fused-ring (bicyclic) bond motifs is 1. The standard InChI is InChI=1S/C29H33N5O2/c1-22(35)32-17-19-33(20-18-32)26-10-7-23(8-11-26)28(36)12-9-25-21-24-5-3-4-6-27(24)30-29(25)34-15-13-31(2)14-16-34/h3-12,21H,13-20H2,1-2H3/b12-9+. The van der Waals surface area contributed by atoms with E-state index in [1.807, 2.05) is 53.4 Å². The van der Waals surface area contributed by atoms with Gasteiger partial charge in [0.15, 0.2) is 5.78 Å². The van der Waals surface area contributed by atoms with Crippen LogP contribution in [-0.4, -0.2) is 85.9 Å². The Labute approximate surface area is 212 Å². The molecule has 3 aromatic rings. The minimum atomic E-state index is -0.0274. The summed E-state index contributed by atoms with van der Waals surface area (Å²) in [6.45, 7) is 8.50. The van der Waals surface area contributed by atoms with Crippen LogP contribution in [-0.2, 0) is 4.79 Å². The topological polar surface area (TPSA) is 60.0 Å². The van der Waals surface area contributed by atoms with Crippen molar-refractivity contribution in [1.29, 1.82) is 0 Å². The van der Waals surface area contributed by atoms with Gasteiger partial charge in [-0.25, -0.2) is 4.98 Å². The van der Waals surface area contributed by atoms with Crippen LogP contribution < -0.4 is 9.80 Å². The number of rotatable bonds is 5. The third kappa shape index (κ3) is 5.26. The van der Waals surface area contributed by atoms with E-state index >= 15 is 0 Å². The lowest BCUT2D eigenvalue weighted by Gasteiger charge is -2.35. The SMILES string of the molecule is CC(=O)N1CCN(c2ccc(C(=O)/C=C/c3cc4ccccc4nc3N3CCN(C)CC3)cc2)CC1. The molecular formula is C29H33N5O2. The summed E-state index contributed by atoms with van der Waals surface area (Å²) in [7, 11) is 2.14. The van der Waals surface area contributed by atoms with Crippen molar-refractivity contribution in [3.05, 3.63) is 71.8 Å². The second kappa shape index (κ2) is 10.5. The average Bonchev–Trinajstić information content (AvgIpc) is 2.92. The monoisotopic (exact) mass is 483 g/mol. The Balaban J connectivity index is 1.33. The smallest absolute Gasteiger partial charge is 0.219 e. The van der Waals surface area contributed by atoms with E-state index in [1.165, 1.54) is 0 Å². The highest BCUT2D eigenvalue weighted by molar-refractivity contribution is 6.07. The molecule has 0 radical (unpaired) electrons. The summed E-state index contributed by atoms with van der Waals surface area (Å²) in [6, 6.07) is 18.0. The zero-order valence-corrected chi connectivity index (χ0v) is 21.1. The summed E-state index contributed by atoms with van der Waals surface area (Å²) in [5, 5.41) is 1.07. The number of allylic oxidation sites excluding steroid dienone is 1. The summed E-state index contributed by atoms with van der Waals surface area (Å²) in [4.78, 5) is 38.3. The third-order valence-corrected chi connectivity index (χ3v) is 7.19. The van der Waals surface area contributed by atoms with E-state index in [4.69, 9.17) is 4.98 Å². The number of pyridine rings is 1. The van der Waals surface area contributed by atoms with Gasteiger partial charge in [-0.3, -0.25) is 9.59 Å². The highest BCUT2D eigenvalue weighted by Crippen LogP contribution is 2.26. The lowest BCUT2D eigenvalue weighted by atomic mass is 10.1. The first-order valence-electron chi connectivity index (χ1n) is 12.6. The third-order valence-electron chi connectivity index (χ3n) is 7.19. The van der Waals surface area contributed by atoms with Gasteiger partial charge >= 0.3 is 0 Å². The Morgan fingerprint density at radius 1 is 0.833 bits per heavy atom. The molecule has 7 heteroatoms. The van der Waals surface area contributed by atoms with Crippen LogP contribution in [0.1, 0.15) is 22.8 Å². The molecule has 0 spiro atoms. The average molecular weight is 484 g/mol. The van der Waals surface area contributed by atoms with Crippen molar-refractivity contribution in [2.75, 3.05) is 69.2 Å². The minimum absolute atomic E-state index is 0.0274. The summed E-state index contributed by atoms with van der Waals surface area (Å²) in [5.41, 5.74) is 3.67. The van der Waals surface area contributed by atoms with E-state index in [9.17, 15) is 9.59 Å². The number of hydrogen-bond acceptors (Lipinski definition) is 6. The van der Waals surface area contributed by atoms with Gasteiger partial charge in [0.25, 0.3) is 0 Å². The fraction of sp³-hybridized carbons (Fsp3) is 0.345. The van der Waals surface area contributed by atoms with Crippen LogP contribution in [0.15, 0.2) is 60.7 Å². The van der Waals surface area contributed by atoms with Crippen LogP contribution in [0.2, 0.25) is 0 Å². The van der Waals surface area contributed by atoms with E-state index in [0.29, 0.717) is 5.56 Å². The van der Waals surface area contributed by atoms with Gasteiger partial charge in [0.05, 0.1) is 5.52 Å². The molecule has 2 aromatic carbocycles. The van der Waals surface area contributed by atoms with Gasteiger partial charge in [0, 0.05) is 81.5 Å². The minimum Gasteiger partial charge on any atom is -0.368 e. The Morgan fingerprint density at radius 2 is 1.50 bits per heavy atom. The van der Waals surface area contributed by atoms with Gasteiger partial charge in [0.1, 0.15) is 5.82 Å². The largest absolute Gasteiger partial charge is 0.368 e. The van der Waals surface area contributed by atoms with Crippen LogP contribution in [0.25, 0.3) is 17.0 Å². The molecule has 0 aliphatic carbocycles. The predicted molar refractivity (Wildman–Crippen MR) is 146 cm³/mol. The van der Waals surface area contributed by atoms with E-state index in [0.717, 1.165) is 80.3 Å². The number of benzene rings is 2. The second-order valence-electron chi connectivity index (χ2n) is 9.62. The number of hydrogen-bond donors (Lipinski definition) is 0. The fourth-order valence-electron chi connectivity index (χ4n) is 4.89. The van der Waals surface area contributed by atoms with Crippen LogP contribution >= 0.6 is 0 Å². The number of carbonyl (C=O) groups is 2. The molecule has 186 valence electrons. The fourth-order valence-corrected chi connectivity index (χ4v) is 4.89. The van der Waals surface area contributed by atoms with Crippen molar-refractivity contribution in [3.8, 4) is 0 Å². The maximum absolute atomic E-state index is 13.0. The Morgan fingerprint density at radius 3 is 2.19 bits per heavy atom. The number of ketones is 1. The molecule has 36 heavy (non-hydrogen) atoms. The number of amides is 1. The quantitative estimate of drug-likeness (QED) is 0.409. The van der Waals surface area contributed by atoms with Gasteiger partial charge in [-0.1, -0.05) is 18.2 Å². The Hall–Kier alpha value is -3.71. The molecule has 1 amide bonds. The molecule has 0 bridgehead atoms.